The average Bonchev–Trinajstić information content (AvgIpc) is 2.57. The summed E-state index contributed by atoms with van der Waals surface area (Å²) in [6.07, 6.45) is 4.52. The number of furan rings is 1. The van der Waals surface area contributed by atoms with Crippen LogP contribution < -0.4 is 0 Å². The zero-order valence-corrected chi connectivity index (χ0v) is 10.5. The van der Waals surface area contributed by atoms with Crippen molar-refractivity contribution >= 4 is 0 Å². The zero-order chi connectivity index (χ0) is 11.7. The molecule has 1 aliphatic rings. The predicted octanol–water partition coefficient (Wildman–Crippen LogP) is 3.76. The van der Waals surface area contributed by atoms with Crippen LogP contribution in [0.4, 0.5) is 0 Å². The number of rotatable bonds is 2. The SMILES string of the molecule is Cc1cc(C(O)C2CCCC(C)C2)c(C)o1. The van der Waals surface area contributed by atoms with E-state index < -0.39 is 0 Å². The summed E-state index contributed by atoms with van der Waals surface area (Å²) >= 11 is 0. The van der Waals surface area contributed by atoms with Gasteiger partial charge in [-0.2, -0.15) is 0 Å². The summed E-state index contributed by atoms with van der Waals surface area (Å²) in [5.41, 5.74) is 0.997. The molecule has 1 fully saturated rings. The maximum Gasteiger partial charge on any atom is 0.106 e. The molecular weight excluding hydrogens is 200 g/mol. The second kappa shape index (κ2) is 4.62. The Balaban J connectivity index is 2.11. The molecule has 2 nitrogen and oxygen atoms in total. The van der Waals surface area contributed by atoms with Crippen LogP contribution in [0.3, 0.4) is 0 Å². The summed E-state index contributed by atoms with van der Waals surface area (Å²) in [4.78, 5) is 0. The van der Waals surface area contributed by atoms with Gasteiger partial charge in [-0.3, -0.25) is 0 Å². The van der Waals surface area contributed by atoms with Gasteiger partial charge in [0.2, 0.25) is 0 Å². The quantitative estimate of drug-likeness (QED) is 0.826. The molecule has 1 N–H and O–H groups in total. The summed E-state index contributed by atoms with van der Waals surface area (Å²) in [5.74, 6) is 2.94. The van der Waals surface area contributed by atoms with Gasteiger partial charge in [0.15, 0.2) is 0 Å². The van der Waals surface area contributed by atoms with E-state index >= 15 is 0 Å². The van der Waals surface area contributed by atoms with Gasteiger partial charge in [0.1, 0.15) is 11.5 Å². The minimum absolute atomic E-state index is 0.333. The fourth-order valence-electron chi connectivity index (χ4n) is 2.97. The van der Waals surface area contributed by atoms with E-state index in [1.54, 1.807) is 0 Å². The maximum absolute atomic E-state index is 10.4. The monoisotopic (exact) mass is 222 g/mol. The van der Waals surface area contributed by atoms with Crippen LogP contribution in [-0.2, 0) is 0 Å². The van der Waals surface area contributed by atoms with Crippen LogP contribution in [0.5, 0.6) is 0 Å². The minimum atomic E-state index is -0.333. The Morgan fingerprint density at radius 1 is 1.38 bits per heavy atom. The Labute approximate surface area is 97.7 Å². The summed E-state index contributed by atoms with van der Waals surface area (Å²) in [7, 11) is 0. The van der Waals surface area contributed by atoms with Crippen LogP contribution in [0, 0.1) is 25.7 Å². The number of aryl methyl sites for hydroxylation is 2. The van der Waals surface area contributed by atoms with E-state index in [1.807, 2.05) is 19.9 Å². The lowest BCUT2D eigenvalue weighted by Crippen LogP contribution is -2.20. The molecule has 1 aliphatic carbocycles. The van der Waals surface area contributed by atoms with E-state index in [0.717, 1.165) is 35.8 Å². The van der Waals surface area contributed by atoms with Gasteiger partial charge in [0, 0.05) is 5.56 Å². The second-order valence-corrected chi connectivity index (χ2v) is 5.35. The molecule has 1 saturated carbocycles. The Hall–Kier alpha value is -0.760. The van der Waals surface area contributed by atoms with Crippen molar-refractivity contribution in [2.45, 2.75) is 52.6 Å². The average molecular weight is 222 g/mol. The van der Waals surface area contributed by atoms with Crippen LogP contribution in [0.25, 0.3) is 0 Å². The second-order valence-electron chi connectivity index (χ2n) is 5.35. The molecular formula is C14H22O2. The number of hydrogen-bond donors (Lipinski definition) is 1. The smallest absolute Gasteiger partial charge is 0.106 e. The molecule has 0 aromatic carbocycles. The van der Waals surface area contributed by atoms with Crippen LogP contribution in [0.2, 0.25) is 0 Å². The first-order valence-electron chi connectivity index (χ1n) is 6.33. The molecule has 3 unspecified atom stereocenters. The summed E-state index contributed by atoms with van der Waals surface area (Å²) < 4.78 is 5.49. The molecule has 3 atom stereocenters. The van der Waals surface area contributed by atoms with Gasteiger partial charge in [0.05, 0.1) is 6.10 Å². The molecule has 1 aromatic heterocycles. The van der Waals surface area contributed by atoms with Crippen LogP contribution in [-0.4, -0.2) is 5.11 Å². The van der Waals surface area contributed by atoms with Crippen molar-refractivity contribution in [1.29, 1.82) is 0 Å². The Kier molecular flexibility index (Phi) is 3.38. The van der Waals surface area contributed by atoms with Gasteiger partial charge in [0.25, 0.3) is 0 Å². The van der Waals surface area contributed by atoms with E-state index in [1.165, 1.54) is 12.8 Å². The molecule has 0 saturated heterocycles. The molecule has 0 radical (unpaired) electrons. The molecule has 0 amide bonds. The molecule has 2 rings (SSSR count). The van der Waals surface area contributed by atoms with Crippen molar-refractivity contribution in [3.05, 3.63) is 23.2 Å². The lowest BCUT2D eigenvalue weighted by Gasteiger charge is -2.30. The van der Waals surface area contributed by atoms with Crippen LogP contribution >= 0.6 is 0 Å². The highest BCUT2D eigenvalue weighted by Crippen LogP contribution is 2.38. The third-order valence-corrected chi connectivity index (χ3v) is 3.82. The van der Waals surface area contributed by atoms with Crippen LogP contribution in [0.1, 0.15) is 55.8 Å². The minimum Gasteiger partial charge on any atom is -0.466 e. The molecule has 1 heterocycles. The highest BCUT2D eigenvalue weighted by molar-refractivity contribution is 5.23. The summed E-state index contributed by atoms with van der Waals surface area (Å²) in [6.45, 7) is 6.16. The number of hydrogen-bond acceptors (Lipinski definition) is 2. The largest absolute Gasteiger partial charge is 0.466 e. The Morgan fingerprint density at radius 3 is 2.69 bits per heavy atom. The van der Waals surface area contributed by atoms with Gasteiger partial charge in [-0.15, -0.1) is 0 Å². The van der Waals surface area contributed by atoms with Crippen LogP contribution in [0.15, 0.2) is 10.5 Å². The molecule has 0 spiro atoms. The highest BCUT2D eigenvalue weighted by Gasteiger charge is 2.28. The van der Waals surface area contributed by atoms with Crippen molar-refractivity contribution in [1.82, 2.24) is 0 Å². The third-order valence-electron chi connectivity index (χ3n) is 3.82. The molecule has 1 aromatic rings. The first-order chi connectivity index (χ1) is 7.58. The topological polar surface area (TPSA) is 33.4 Å². The van der Waals surface area contributed by atoms with Crippen molar-refractivity contribution in [3.8, 4) is 0 Å². The first-order valence-corrected chi connectivity index (χ1v) is 6.33. The van der Waals surface area contributed by atoms with Gasteiger partial charge in [-0.05, 0) is 44.6 Å². The molecule has 2 heteroatoms. The van der Waals surface area contributed by atoms with Crippen molar-refractivity contribution in [3.63, 3.8) is 0 Å². The van der Waals surface area contributed by atoms with Crippen molar-refractivity contribution in [2.75, 3.05) is 0 Å². The molecule has 16 heavy (non-hydrogen) atoms. The van der Waals surface area contributed by atoms with E-state index in [-0.39, 0.29) is 6.10 Å². The predicted molar refractivity (Wildman–Crippen MR) is 64.3 cm³/mol. The summed E-state index contributed by atoms with van der Waals surface area (Å²) in [6, 6.07) is 1.99. The van der Waals surface area contributed by atoms with Gasteiger partial charge < -0.3 is 9.52 Å². The first kappa shape index (κ1) is 11.7. The number of aliphatic hydroxyl groups excluding tert-OH is 1. The van der Waals surface area contributed by atoms with E-state index in [9.17, 15) is 5.11 Å². The lowest BCUT2D eigenvalue weighted by molar-refractivity contribution is 0.0702. The maximum atomic E-state index is 10.4. The zero-order valence-electron chi connectivity index (χ0n) is 10.5. The van der Waals surface area contributed by atoms with Gasteiger partial charge in [-0.1, -0.05) is 19.8 Å². The van der Waals surface area contributed by atoms with E-state index in [4.69, 9.17) is 4.42 Å². The normalized spacial score (nSPS) is 28.0. The van der Waals surface area contributed by atoms with Crippen molar-refractivity contribution < 1.29 is 9.52 Å². The molecule has 0 bridgehead atoms. The van der Waals surface area contributed by atoms with E-state index in [0.29, 0.717) is 5.92 Å². The van der Waals surface area contributed by atoms with Gasteiger partial charge in [-0.25, -0.2) is 0 Å². The molecule has 0 aliphatic heterocycles. The summed E-state index contributed by atoms with van der Waals surface area (Å²) in [5, 5.41) is 10.4. The fraction of sp³-hybridized carbons (Fsp3) is 0.714. The standard InChI is InChI=1S/C14H22O2/c1-9-5-4-6-12(7-9)14(15)13-8-10(2)16-11(13)3/h8-9,12,14-15H,4-7H2,1-3H3. The van der Waals surface area contributed by atoms with E-state index in [2.05, 4.69) is 6.92 Å². The Morgan fingerprint density at radius 2 is 2.12 bits per heavy atom. The fourth-order valence-corrected chi connectivity index (χ4v) is 2.97. The van der Waals surface area contributed by atoms with Gasteiger partial charge >= 0.3 is 0 Å². The molecule has 90 valence electrons. The third kappa shape index (κ3) is 2.32. The lowest BCUT2D eigenvalue weighted by atomic mass is 9.78. The van der Waals surface area contributed by atoms with Crippen molar-refractivity contribution in [2.24, 2.45) is 11.8 Å². The highest BCUT2D eigenvalue weighted by atomic mass is 16.3. The number of aliphatic hydroxyl groups is 1. The Bertz CT molecular complexity index is 354.